The van der Waals surface area contributed by atoms with E-state index in [0.29, 0.717) is 18.2 Å². The van der Waals surface area contributed by atoms with Gasteiger partial charge in [-0.3, -0.25) is 4.98 Å². The van der Waals surface area contributed by atoms with Crippen molar-refractivity contribution in [1.82, 2.24) is 14.5 Å². The molecule has 3 heterocycles. The number of hydrogen-bond donors (Lipinski definition) is 0. The summed E-state index contributed by atoms with van der Waals surface area (Å²) >= 11 is 6.26. The summed E-state index contributed by atoms with van der Waals surface area (Å²) in [6.07, 6.45) is 5.40. The Kier molecular flexibility index (Phi) is 5.53. The Morgan fingerprint density at radius 2 is 1.77 bits per heavy atom. The van der Waals surface area contributed by atoms with Gasteiger partial charge in [-0.15, -0.1) is 0 Å². The summed E-state index contributed by atoms with van der Waals surface area (Å²) in [5.74, 6) is 0.768. The average molecular weight is 434 g/mol. The number of aromatic nitrogens is 3. The molecule has 0 radical (unpaired) electrons. The molecule has 0 spiro atoms. The molecule has 0 fully saturated rings. The fourth-order valence-electron chi connectivity index (χ4n) is 4.15. The Labute approximate surface area is 185 Å². The van der Waals surface area contributed by atoms with Crippen molar-refractivity contribution in [2.45, 2.75) is 25.5 Å². The molecule has 156 valence electrons. The number of halogens is 2. The molecule has 2 aromatic heterocycles. The van der Waals surface area contributed by atoms with Crippen LogP contribution < -0.4 is 0 Å². The summed E-state index contributed by atoms with van der Waals surface area (Å²) < 4.78 is 21.8. The lowest BCUT2D eigenvalue weighted by Gasteiger charge is -2.18. The zero-order chi connectivity index (χ0) is 21.2. The van der Waals surface area contributed by atoms with Crippen LogP contribution in [0.1, 0.15) is 23.9 Å². The molecule has 0 N–H and O–H groups in total. The SMILES string of the molecule is Fc1ccc(-c2nc3n(c2-c2ccncc2)C(COCc2ccccc2Cl)CC3)cc1. The van der Waals surface area contributed by atoms with Gasteiger partial charge < -0.3 is 9.30 Å². The second-order valence-corrected chi connectivity index (χ2v) is 8.04. The van der Waals surface area contributed by atoms with Gasteiger partial charge in [-0.05, 0) is 54.4 Å². The van der Waals surface area contributed by atoms with Gasteiger partial charge in [-0.1, -0.05) is 29.8 Å². The van der Waals surface area contributed by atoms with Crippen molar-refractivity contribution in [3.63, 3.8) is 0 Å². The van der Waals surface area contributed by atoms with Crippen molar-refractivity contribution in [1.29, 1.82) is 0 Å². The number of benzene rings is 2. The number of imidazole rings is 1. The second kappa shape index (κ2) is 8.61. The molecule has 1 unspecified atom stereocenters. The summed E-state index contributed by atoms with van der Waals surface area (Å²) in [5.41, 5.74) is 4.79. The molecule has 0 aliphatic carbocycles. The maximum absolute atomic E-state index is 13.5. The largest absolute Gasteiger partial charge is 0.375 e. The van der Waals surface area contributed by atoms with Crippen molar-refractivity contribution in [2.75, 3.05) is 6.61 Å². The van der Waals surface area contributed by atoms with Crippen LogP contribution in [-0.4, -0.2) is 21.1 Å². The normalized spacial score (nSPS) is 15.2. The number of nitrogens with zero attached hydrogens (tertiary/aromatic N) is 3. The van der Waals surface area contributed by atoms with Crippen molar-refractivity contribution in [3.05, 3.63) is 95.3 Å². The molecule has 0 saturated heterocycles. The molecular formula is C25H21ClFN3O. The topological polar surface area (TPSA) is 39.9 Å². The number of pyridine rings is 1. The Balaban J connectivity index is 1.47. The molecule has 0 bridgehead atoms. The number of ether oxygens (including phenoxy) is 1. The van der Waals surface area contributed by atoms with Crippen LogP contribution in [0.25, 0.3) is 22.5 Å². The highest BCUT2D eigenvalue weighted by Crippen LogP contribution is 2.39. The Morgan fingerprint density at radius 3 is 2.55 bits per heavy atom. The van der Waals surface area contributed by atoms with Crippen LogP contribution >= 0.6 is 11.6 Å². The summed E-state index contributed by atoms with van der Waals surface area (Å²) in [7, 11) is 0. The Bertz CT molecular complexity index is 1190. The first-order valence-corrected chi connectivity index (χ1v) is 10.7. The first kappa shape index (κ1) is 19.9. The summed E-state index contributed by atoms with van der Waals surface area (Å²) in [6, 6.07) is 18.4. The molecule has 1 aliphatic rings. The van der Waals surface area contributed by atoms with Crippen LogP contribution in [0.5, 0.6) is 0 Å². The van der Waals surface area contributed by atoms with Crippen molar-refractivity contribution in [3.8, 4) is 22.5 Å². The van der Waals surface area contributed by atoms with E-state index in [0.717, 1.165) is 46.7 Å². The maximum atomic E-state index is 13.5. The van der Waals surface area contributed by atoms with Gasteiger partial charge >= 0.3 is 0 Å². The van der Waals surface area contributed by atoms with Crippen molar-refractivity contribution < 1.29 is 9.13 Å². The first-order chi connectivity index (χ1) is 15.2. The minimum Gasteiger partial charge on any atom is -0.375 e. The molecule has 1 aliphatic heterocycles. The van der Waals surface area contributed by atoms with Gasteiger partial charge in [0.05, 0.1) is 30.6 Å². The number of hydrogen-bond acceptors (Lipinski definition) is 3. The van der Waals surface area contributed by atoms with E-state index in [-0.39, 0.29) is 11.9 Å². The number of aryl methyl sites for hydroxylation is 1. The summed E-state index contributed by atoms with van der Waals surface area (Å²) in [6.45, 7) is 1.03. The first-order valence-electron chi connectivity index (χ1n) is 10.3. The zero-order valence-electron chi connectivity index (χ0n) is 16.8. The lowest BCUT2D eigenvalue weighted by molar-refractivity contribution is 0.0925. The predicted molar refractivity (Wildman–Crippen MR) is 119 cm³/mol. The fraction of sp³-hybridized carbons (Fsp3) is 0.200. The molecule has 2 aromatic carbocycles. The summed E-state index contributed by atoms with van der Waals surface area (Å²) in [5, 5.41) is 0.716. The molecule has 1 atom stereocenters. The third kappa shape index (κ3) is 3.99. The van der Waals surface area contributed by atoms with Crippen LogP contribution in [0.4, 0.5) is 4.39 Å². The van der Waals surface area contributed by atoms with E-state index in [4.69, 9.17) is 21.3 Å². The standard InChI is InChI=1S/C25H21ClFN3O/c26-22-4-2-1-3-19(22)15-31-16-21-9-10-23-29-24(17-5-7-20(27)8-6-17)25(30(21)23)18-11-13-28-14-12-18/h1-8,11-14,21H,9-10,15-16H2. The van der Waals surface area contributed by atoms with E-state index >= 15 is 0 Å². The highest BCUT2D eigenvalue weighted by atomic mass is 35.5. The third-order valence-electron chi connectivity index (χ3n) is 5.65. The Hall–Kier alpha value is -3.02. The predicted octanol–water partition coefficient (Wildman–Crippen LogP) is 6.11. The number of fused-ring (bicyclic) bond motifs is 1. The maximum Gasteiger partial charge on any atom is 0.123 e. The van der Waals surface area contributed by atoms with Gasteiger partial charge in [-0.25, -0.2) is 9.37 Å². The van der Waals surface area contributed by atoms with Crippen LogP contribution in [-0.2, 0) is 17.8 Å². The Morgan fingerprint density at radius 1 is 1.00 bits per heavy atom. The second-order valence-electron chi connectivity index (χ2n) is 7.64. The van der Waals surface area contributed by atoms with E-state index in [1.54, 1.807) is 24.5 Å². The van der Waals surface area contributed by atoms with Crippen molar-refractivity contribution >= 4 is 11.6 Å². The highest BCUT2D eigenvalue weighted by molar-refractivity contribution is 6.31. The van der Waals surface area contributed by atoms with Gasteiger partial charge in [0.1, 0.15) is 11.6 Å². The van der Waals surface area contributed by atoms with Gasteiger partial charge in [0.2, 0.25) is 0 Å². The van der Waals surface area contributed by atoms with Crippen LogP contribution in [0.15, 0.2) is 73.1 Å². The molecule has 0 saturated carbocycles. The van der Waals surface area contributed by atoms with E-state index in [9.17, 15) is 4.39 Å². The van der Waals surface area contributed by atoms with Crippen LogP contribution in [0.2, 0.25) is 5.02 Å². The smallest absolute Gasteiger partial charge is 0.123 e. The molecule has 4 nitrogen and oxygen atoms in total. The van der Waals surface area contributed by atoms with Crippen LogP contribution in [0, 0.1) is 5.82 Å². The average Bonchev–Trinajstić information content (AvgIpc) is 3.36. The monoisotopic (exact) mass is 433 g/mol. The minimum atomic E-state index is -0.258. The van der Waals surface area contributed by atoms with E-state index < -0.39 is 0 Å². The fourth-order valence-corrected chi connectivity index (χ4v) is 4.34. The number of rotatable bonds is 6. The molecule has 6 heteroatoms. The van der Waals surface area contributed by atoms with Gasteiger partial charge in [-0.2, -0.15) is 0 Å². The molecule has 31 heavy (non-hydrogen) atoms. The van der Waals surface area contributed by atoms with Gasteiger partial charge in [0.25, 0.3) is 0 Å². The van der Waals surface area contributed by atoms with Gasteiger partial charge in [0, 0.05) is 35.0 Å². The molecule has 5 rings (SSSR count). The minimum absolute atomic E-state index is 0.169. The van der Waals surface area contributed by atoms with Crippen LogP contribution in [0.3, 0.4) is 0 Å². The molecule has 4 aromatic rings. The lowest BCUT2D eigenvalue weighted by atomic mass is 10.0. The van der Waals surface area contributed by atoms with Gasteiger partial charge in [0.15, 0.2) is 0 Å². The van der Waals surface area contributed by atoms with E-state index in [2.05, 4.69) is 9.55 Å². The molecule has 0 amide bonds. The third-order valence-corrected chi connectivity index (χ3v) is 6.02. The molecular weight excluding hydrogens is 413 g/mol. The van der Waals surface area contributed by atoms with E-state index in [1.807, 2.05) is 36.4 Å². The van der Waals surface area contributed by atoms with Crippen molar-refractivity contribution in [2.24, 2.45) is 0 Å². The quantitative estimate of drug-likeness (QED) is 0.368. The summed E-state index contributed by atoms with van der Waals surface area (Å²) in [4.78, 5) is 9.10. The van der Waals surface area contributed by atoms with E-state index in [1.165, 1.54) is 12.1 Å². The highest BCUT2D eigenvalue weighted by Gasteiger charge is 2.30. The zero-order valence-corrected chi connectivity index (χ0v) is 17.6. The lowest BCUT2D eigenvalue weighted by Crippen LogP contribution is -2.13.